The third kappa shape index (κ3) is 5.94. The molecule has 0 radical (unpaired) electrons. The third-order valence-corrected chi connectivity index (χ3v) is 7.07. The van der Waals surface area contributed by atoms with E-state index in [2.05, 4.69) is 9.97 Å². The largest absolute Gasteiger partial charge is 0.496 e. The second kappa shape index (κ2) is 10.6. The molecule has 0 unspecified atom stereocenters. The quantitative estimate of drug-likeness (QED) is 0.240. The minimum atomic E-state index is -3.98. The van der Waals surface area contributed by atoms with Crippen molar-refractivity contribution in [1.29, 1.82) is 5.26 Å². The number of rotatable bonds is 8. The van der Waals surface area contributed by atoms with E-state index in [4.69, 9.17) is 4.74 Å². The first kappa shape index (κ1) is 24.4. The second-order valence-corrected chi connectivity index (χ2v) is 9.67. The van der Waals surface area contributed by atoms with E-state index < -0.39 is 21.2 Å². The monoisotopic (exact) mass is 487 g/mol. The van der Waals surface area contributed by atoms with E-state index in [1.807, 2.05) is 0 Å². The van der Waals surface area contributed by atoms with Gasteiger partial charge in [-0.2, -0.15) is 5.26 Å². The number of aromatic nitrogens is 2. The summed E-state index contributed by atoms with van der Waals surface area (Å²) in [6.45, 7) is 1.61. The average Bonchev–Trinajstić information content (AvgIpc) is 2.81. The van der Waals surface area contributed by atoms with Gasteiger partial charge < -0.3 is 4.74 Å². The molecule has 0 aliphatic carbocycles. The van der Waals surface area contributed by atoms with E-state index in [0.717, 1.165) is 11.8 Å². The molecule has 0 aliphatic rings. The van der Waals surface area contributed by atoms with Crippen molar-refractivity contribution < 1.29 is 21.9 Å². The first-order chi connectivity index (χ1) is 15.7. The first-order valence-electron chi connectivity index (χ1n) is 9.60. The number of allylic oxidation sites excluding steroid dienone is 1. The van der Waals surface area contributed by atoms with E-state index in [1.54, 1.807) is 49.4 Å². The number of sulfone groups is 1. The number of nitrogens with zero attached hydrogens (tertiary/aromatic N) is 3. The number of benzene rings is 2. The van der Waals surface area contributed by atoms with Crippen molar-refractivity contribution in [2.45, 2.75) is 29.2 Å². The predicted octanol–water partition coefficient (Wildman–Crippen LogP) is 5.36. The molecule has 3 rings (SSSR count). The van der Waals surface area contributed by atoms with Crippen molar-refractivity contribution in [1.82, 2.24) is 9.97 Å². The summed E-state index contributed by atoms with van der Waals surface area (Å²) in [4.78, 5) is 7.68. The Hall–Kier alpha value is -3.29. The maximum Gasteiger partial charge on any atom is 0.280 e. The molecule has 1 heterocycles. The Bertz CT molecular complexity index is 1320. The Labute approximate surface area is 194 Å². The number of hydrogen-bond donors (Lipinski definition) is 0. The first-order valence-corrected chi connectivity index (χ1v) is 12.1. The zero-order valence-electron chi connectivity index (χ0n) is 17.7. The number of halogens is 2. The normalized spacial score (nSPS) is 11.9. The topological polar surface area (TPSA) is 92.9 Å². The van der Waals surface area contributed by atoms with Crippen LogP contribution in [0.15, 0.2) is 69.6 Å². The molecule has 1 aromatic heterocycles. The van der Waals surface area contributed by atoms with Gasteiger partial charge >= 0.3 is 0 Å². The van der Waals surface area contributed by atoms with E-state index in [1.165, 1.54) is 31.4 Å². The summed E-state index contributed by atoms with van der Waals surface area (Å²) in [5.41, 5.74) is 1.21. The van der Waals surface area contributed by atoms with Gasteiger partial charge in [-0.25, -0.2) is 27.2 Å². The molecule has 0 N–H and O–H groups in total. The van der Waals surface area contributed by atoms with Gasteiger partial charge in [-0.1, -0.05) is 36.0 Å². The van der Waals surface area contributed by atoms with Crippen LogP contribution >= 0.6 is 11.8 Å². The van der Waals surface area contributed by atoms with Gasteiger partial charge in [0.1, 0.15) is 22.4 Å². The Kier molecular flexibility index (Phi) is 7.79. The van der Waals surface area contributed by atoms with Gasteiger partial charge in [-0.05, 0) is 48.9 Å². The molecule has 0 atom stereocenters. The highest BCUT2D eigenvalue weighted by atomic mass is 32.2. The summed E-state index contributed by atoms with van der Waals surface area (Å²) in [7, 11) is -2.49. The lowest BCUT2D eigenvalue weighted by Gasteiger charge is -2.10. The minimum absolute atomic E-state index is 0.0218. The number of alkyl halides is 2. The van der Waals surface area contributed by atoms with Crippen molar-refractivity contribution in [2.24, 2.45) is 0 Å². The van der Waals surface area contributed by atoms with Gasteiger partial charge in [0.2, 0.25) is 9.84 Å². The van der Waals surface area contributed by atoms with E-state index >= 15 is 0 Å². The van der Waals surface area contributed by atoms with Gasteiger partial charge in [0.05, 0.1) is 12.0 Å². The zero-order valence-corrected chi connectivity index (χ0v) is 19.3. The summed E-state index contributed by atoms with van der Waals surface area (Å²) in [6.07, 6.45) is -1.42. The van der Waals surface area contributed by atoms with Crippen LogP contribution in [0.3, 0.4) is 0 Å². The summed E-state index contributed by atoms with van der Waals surface area (Å²) >= 11 is 1.15. The van der Waals surface area contributed by atoms with Crippen LogP contribution < -0.4 is 4.74 Å². The van der Waals surface area contributed by atoms with Gasteiger partial charge in [-0.3, -0.25) is 0 Å². The molecular formula is C23H19F2N3O3S2. The van der Waals surface area contributed by atoms with Crippen LogP contribution in [0.25, 0.3) is 6.08 Å². The average molecular weight is 488 g/mol. The molecule has 10 heteroatoms. The molecule has 0 amide bonds. The van der Waals surface area contributed by atoms with Crippen LogP contribution in [0.4, 0.5) is 8.78 Å². The molecule has 0 bridgehead atoms. The Balaban J connectivity index is 1.92. The summed E-state index contributed by atoms with van der Waals surface area (Å²) < 4.78 is 57.0. The van der Waals surface area contributed by atoms with Crippen LogP contribution in [0.1, 0.15) is 28.9 Å². The fraction of sp³-hybridized carbons (Fsp3) is 0.174. The number of aryl methyl sites for hydroxylation is 1. The number of ether oxygens (including phenoxy) is 1. The molecule has 6 nitrogen and oxygen atoms in total. The summed E-state index contributed by atoms with van der Waals surface area (Å²) in [5.74, 6) is 0.801. The number of thioether (sulfide) groups is 1. The van der Waals surface area contributed by atoms with Crippen molar-refractivity contribution in [3.8, 4) is 11.8 Å². The lowest BCUT2D eigenvalue weighted by Crippen LogP contribution is -2.03. The lowest BCUT2D eigenvalue weighted by atomic mass is 10.1. The van der Waals surface area contributed by atoms with Crippen LogP contribution in [0, 0.1) is 18.3 Å². The van der Waals surface area contributed by atoms with E-state index in [0.29, 0.717) is 22.6 Å². The summed E-state index contributed by atoms with van der Waals surface area (Å²) in [5, 5.41) is 9.69. The van der Waals surface area contributed by atoms with Gasteiger partial charge in [0.25, 0.3) is 6.43 Å². The van der Waals surface area contributed by atoms with Crippen molar-refractivity contribution >= 4 is 27.7 Å². The summed E-state index contributed by atoms with van der Waals surface area (Å²) in [6, 6.07) is 15.6. The molecule has 0 saturated carbocycles. The van der Waals surface area contributed by atoms with Crippen molar-refractivity contribution in [3.63, 3.8) is 0 Å². The highest BCUT2D eigenvalue weighted by Crippen LogP contribution is 2.30. The highest BCUT2D eigenvalue weighted by molar-refractivity contribution is 7.98. The van der Waals surface area contributed by atoms with Gasteiger partial charge in [0.15, 0.2) is 5.16 Å². The molecule has 0 spiro atoms. The zero-order chi connectivity index (χ0) is 24.0. The third-order valence-electron chi connectivity index (χ3n) is 4.49. The molecule has 0 fully saturated rings. The van der Waals surface area contributed by atoms with E-state index in [9.17, 15) is 22.5 Å². The number of methoxy groups -OCH3 is 1. The predicted molar refractivity (Wildman–Crippen MR) is 121 cm³/mol. The molecule has 2 aromatic carbocycles. The van der Waals surface area contributed by atoms with Gasteiger partial charge in [0, 0.05) is 17.0 Å². The standard InChI is InChI=1S/C23H19F2N3O3S2/c1-15-10-20(22(24)25)28-23(27-15)32-14-17-11-16(8-9-21(17)31-2)12-19(13-26)33(29,30)18-6-4-3-5-7-18/h3-12,22H,14H2,1-2H3/b19-12+. The smallest absolute Gasteiger partial charge is 0.280 e. The van der Waals surface area contributed by atoms with Gasteiger partial charge in [-0.15, -0.1) is 0 Å². The minimum Gasteiger partial charge on any atom is -0.496 e. The Morgan fingerprint density at radius 3 is 2.55 bits per heavy atom. The van der Waals surface area contributed by atoms with Crippen LogP contribution in [0.5, 0.6) is 5.75 Å². The number of hydrogen-bond acceptors (Lipinski definition) is 7. The maximum atomic E-state index is 13.0. The Morgan fingerprint density at radius 1 is 1.18 bits per heavy atom. The molecule has 0 saturated heterocycles. The number of nitriles is 1. The molecular weight excluding hydrogens is 468 g/mol. The molecule has 170 valence electrons. The van der Waals surface area contributed by atoms with E-state index in [-0.39, 0.29) is 21.5 Å². The maximum absolute atomic E-state index is 13.0. The fourth-order valence-corrected chi connectivity index (χ4v) is 5.00. The molecule has 0 aliphatic heterocycles. The second-order valence-electron chi connectivity index (χ2n) is 6.81. The SMILES string of the molecule is COc1ccc(/C=C(\C#N)S(=O)(=O)c2ccccc2)cc1CSc1nc(C)cc(C(F)F)n1. The fourth-order valence-electron chi connectivity index (χ4n) is 2.93. The van der Waals surface area contributed by atoms with Crippen molar-refractivity contribution in [3.05, 3.63) is 82.0 Å². The lowest BCUT2D eigenvalue weighted by molar-refractivity contribution is 0.145. The molecule has 33 heavy (non-hydrogen) atoms. The molecule has 3 aromatic rings. The van der Waals surface area contributed by atoms with Crippen LogP contribution in [0.2, 0.25) is 0 Å². The highest BCUT2D eigenvalue weighted by Gasteiger charge is 2.20. The van der Waals surface area contributed by atoms with Crippen LogP contribution in [-0.4, -0.2) is 25.5 Å². The Morgan fingerprint density at radius 2 is 1.91 bits per heavy atom. The van der Waals surface area contributed by atoms with Crippen molar-refractivity contribution in [2.75, 3.05) is 7.11 Å². The van der Waals surface area contributed by atoms with Crippen LogP contribution in [-0.2, 0) is 15.6 Å².